The van der Waals surface area contributed by atoms with Crippen molar-refractivity contribution in [3.63, 3.8) is 0 Å². The molecule has 24 heavy (non-hydrogen) atoms. The van der Waals surface area contributed by atoms with E-state index in [4.69, 9.17) is 4.74 Å². The van der Waals surface area contributed by atoms with Gasteiger partial charge in [0.05, 0.1) is 4.47 Å². The fourth-order valence-corrected chi connectivity index (χ4v) is 2.83. The predicted octanol–water partition coefficient (Wildman–Crippen LogP) is 4.54. The van der Waals surface area contributed by atoms with Crippen molar-refractivity contribution in [1.82, 2.24) is 0 Å². The number of benzene rings is 2. The van der Waals surface area contributed by atoms with Crippen molar-refractivity contribution < 1.29 is 9.53 Å². The molecule has 0 saturated carbocycles. The highest BCUT2D eigenvalue weighted by molar-refractivity contribution is 9.10. The van der Waals surface area contributed by atoms with Crippen LogP contribution in [0.2, 0.25) is 0 Å². The first kappa shape index (κ1) is 18.3. The third-order valence-electron chi connectivity index (χ3n) is 3.74. The Kier molecular flexibility index (Phi) is 5.89. The number of hydrogen-bond acceptors (Lipinski definition) is 3. The number of anilines is 2. The molecule has 0 heterocycles. The third-order valence-corrected chi connectivity index (χ3v) is 4.36. The summed E-state index contributed by atoms with van der Waals surface area (Å²) < 4.78 is 6.61. The molecule has 1 atom stereocenters. The van der Waals surface area contributed by atoms with E-state index in [2.05, 4.69) is 21.2 Å². The van der Waals surface area contributed by atoms with E-state index in [1.165, 1.54) is 0 Å². The molecular formula is C19H23BrN2O2. The topological polar surface area (TPSA) is 41.6 Å². The van der Waals surface area contributed by atoms with Crippen LogP contribution in [0.4, 0.5) is 11.4 Å². The van der Waals surface area contributed by atoms with Crippen LogP contribution >= 0.6 is 15.9 Å². The smallest absolute Gasteiger partial charge is 0.265 e. The summed E-state index contributed by atoms with van der Waals surface area (Å²) in [5, 5.41) is 2.93. The number of nitrogens with one attached hydrogen (secondary N) is 1. The van der Waals surface area contributed by atoms with Gasteiger partial charge in [0.25, 0.3) is 5.91 Å². The van der Waals surface area contributed by atoms with Crippen LogP contribution in [0.25, 0.3) is 0 Å². The number of amides is 1. The summed E-state index contributed by atoms with van der Waals surface area (Å²) in [5.74, 6) is 0.478. The Morgan fingerprint density at radius 2 is 1.88 bits per heavy atom. The Hall–Kier alpha value is -2.01. The third kappa shape index (κ3) is 4.51. The molecule has 0 bridgehead atoms. The van der Waals surface area contributed by atoms with E-state index >= 15 is 0 Å². The van der Waals surface area contributed by atoms with Crippen molar-refractivity contribution in [3.05, 3.63) is 52.0 Å². The number of halogens is 1. The molecule has 0 saturated heterocycles. The maximum Gasteiger partial charge on any atom is 0.265 e. The van der Waals surface area contributed by atoms with Gasteiger partial charge in [0.2, 0.25) is 0 Å². The molecule has 0 aliphatic carbocycles. The molecule has 0 aliphatic heterocycles. The number of carbonyl (C=O) groups is 1. The Morgan fingerprint density at radius 3 is 2.46 bits per heavy atom. The molecule has 4 nitrogen and oxygen atoms in total. The second-order valence-corrected chi connectivity index (χ2v) is 6.93. The fourth-order valence-electron chi connectivity index (χ4n) is 2.25. The van der Waals surface area contributed by atoms with Gasteiger partial charge in [0.1, 0.15) is 5.75 Å². The van der Waals surface area contributed by atoms with E-state index in [1.807, 2.05) is 69.2 Å². The van der Waals surface area contributed by atoms with E-state index in [0.717, 1.165) is 27.0 Å². The van der Waals surface area contributed by atoms with Crippen LogP contribution in [0.15, 0.2) is 40.9 Å². The second kappa shape index (κ2) is 7.71. The summed E-state index contributed by atoms with van der Waals surface area (Å²) in [6.07, 6.45) is -0.600. The molecule has 0 aromatic heterocycles. The SMILES string of the molecule is Cc1ccc(OC(C)C(=O)Nc2ccc(N(C)C)cc2C)c(Br)c1. The van der Waals surface area contributed by atoms with Gasteiger partial charge in [0.15, 0.2) is 6.10 Å². The Labute approximate surface area is 151 Å². The van der Waals surface area contributed by atoms with Gasteiger partial charge in [-0.15, -0.1) is 0 Å². The van der Waals surface area contributed by atoms with Crippen LogP contribution in [0.3, 0.4) is 0 Å². The number of nitrogens with zero attached hydrogens (tertiary/aromatic N) is 1. The zero-order valence-corrected chi connectivity index (χ0v) is 16.3. The first-order chi connectivity index (χ1) is 11.3. The minimum Gasteiger partial charge on any atom is -0.480 e. The summed E-state index contributed by atoms with van der Waals surface area (Å²) in [4.78, 5) is 14.4. The average Bonchev–Trinajstić information content (AvgIpc) is 2.51. The molecule has 2 aromatic rings. The zero-order valence-electron chi connectivity index (χ0n) is 14.7. The van der Waals surface area contributed by atoms with Crippen LogP contribution in [0.5, 0.6) is 5.75 Å². The lowest BCUT2D eigenvalue weighted by molar-refractivity contribution is -0.122. The van der Waals surface area contributed by atoms with Gasteiger partial charge < -0.3 is 15.0 Å². The van der Waals surface area contributed by atoms with E-state index in [0.29, 0.717) is 5.75 Å². The van der Waals surface area contributed by atoms with Gasteiger partial charge in [-0.1, -0.05) is 6.07 Å². The summed E-state index contributed by atoms with van der Waals surface area (Å²) in [5.41, 5.74) is 4.03. The fraction of sp³-hybridized carbons (Fsp3) is 0.316. The standard InChI is InChI=1S/C19H23BrN2O2/c1-12-6-9-18(16(20)10-12)24-14(3)19(23)21-17-8-7-15(22(4)5)11-13(17)2/h6-11,14H,1-5H3,(H,21,23). The molecule has 128 valence electrons. The van der Waals surface area contributed by atoms with E-state index in [9.17, 15) is 4.79 Å². The minimum atomic E-state index is -0.600. The van der Waals surface area contributed by atoms with Crippen molar-refractivity contribution >= 4 is 33.2 Å². The lowest BCUT2D eigenvalue weighted by Gasteiger charge is -2.18. The molecule has 1 unspecified atom stereocenters. The highest BCUT2D eigenvalue weighted by atomic mass is 79.9. The number of aryl methyl sites for hydroxylation is 2. The lowest BCUT2D eigenvalue weighted by atomic mass is 10.1. The molecule has 0 fully saturated rings. The molecule has 2 aromatic carbocycles. The van der Waals surface area contributed by atoms with Crippen LogP contribution in [0, 0.1) is 13.8 Å². The zero-order chi connectivity index (χ0) is 17.9. The molecule has 5 heteroatoms. The molecule has 2 rings (SSSR count). The van der Waals surface area contributed by atoms with E-state index in [1.54, 1.807) is 6.92 Å². The first-order valence-corrected chi connectivity index (χ1v) is 8.59. The van der Waals surface area contributed by atoms with E-state index in [-0.39, 0.29) is 5.91 Å². The van der Waals surface area contributed by atoms with Crippen LogP contribution in [-0.4, -0.2) is 26.1 Å². The second-order valence-electron chi connectivity index (χ2n) is 6.08. The average molecular weight is 391 g/mol. The summed E-state index contributed by atoms with van der Waals surface area (Å²) in [7, 11) is 3.98. The maximum atomic E-state index is 12.4. The highest BCUT2D eigenvalue weighted by Gasteiger charge is 2.17. The van der Waals surface area contributed by atoms with Crippen molar-refractivity contribution in [2.75, 3.05) is 24.3 Å². The normalized spacial score (nSPS) is 11.8. The molecule has 0 aliphatic rings. The Morgan fingerprint density at radius 1 is 1.17 bits per heavy atom. The predicted molar refractivity (Wildman–Crippen MR) is 103 cm³/mol. The molecule has 0 spiro atoms. The van der Waals surface area contributed by atoms with Gasteiger partial charge >= 0.3 is 0 Å². The van der Waals surface area contributed by atoms with Gasteiger partial charge in [-0.2, -0.15) is 0 Å². The van der Waals surface area contributed by atoms with Gasteiger partial charge in [-0.25, -0.2) is 0 Å². The molecular weight excluding hydrogens is 368 g/mol. The van der Waals surface area contributed by atoms with Crippen molar-refractivity contribution in [2.45, 2.75) is 26.9 Å². The van der Waals surface area contributed by atoms with Gasteiger partial charge in [-0.3, -0.25) is 4.79 Å². The molecule has 1 N–H and O–H groups in total. The Bertz CT molecular complexity index is 744. The summed E-state index contributed by atoms with van der Waals surface area (Å²) >= 11 is 3.46. The minimum absolute atomic E-state index is 0.178. The van der Waals surface area contributed by atoms with Crippen LogP contribution in [0.1, 0.15) is 18.1 Å². The van der Waals surface area contributed by atoms with E-state index < -0.39 is 6.10 Å². The number of rotatable bonds is 5. The Balaban J connectivity index is 2.06. The summed E-state index contributed by atoms with van der Waals surface area (Å²) in [6.45, 7) is 5.72. The first-order valence-electron chi connectivity index (χ1n) is 7.79. The van der Waals surface area contributed by atoms with Crippen molar-refractivity contribution in [3.8, 4) is 5.75 Å². The maximum absolute atomic E-state index is 12.4. The molecule has 1 amide bonds. The van der Waals surface area contributed by atoms with Crippen LogP contribution < -0.4 is 15.0 Å². The monoisotopic (exact) mass is 390 g/mol. The van der Waals surface area contributed by atoms with Crippen LogP contribution in [-0.2, 0) is 4.79 Å². The number of ether oxygens (including phenoxy) is 1. The lowest BCUT2D eigenvalue weighted by Crippen LogP contribution is -2.30. The van der Waals surface area contributed by atoms with Gasteiger partial charge in [-0.05, 0) is 78.2 Å². The number of hydrogen-bond donors (Lipinski definition) is 1. The summed E-state index contributed by atoms with van der Waals surface area (Å²) in [6, 6.07) is 11.7. The quantitative estimate of drug-likeness (QED) is 0.814. The number of carbonyl (C=O) groups excluding carboxylic acids is 1. The largest absolute Gasteiger partial charge is 0.480 e. The van der Waals surface area contributed by atoms with Crippen molar-refractivity contribution in [2.24, 2.45) is 0 Å². The van der Waals surface area contributed by atoms with Crippen molar-refractivity contribution in [1.29, 1.82) is 0 Å². The highest BCUT2D eigenvalue weighted by Crippen LogP contribution is 2.27. The van der Waals surface area contributed by atoms with Gasteiger partial charge in [0, 0.05) is 25.5 Å². The molecule has 0 radical (unpaired) electrons.